The standard InChI is InChI=1S/C25H21NO4/c1-16(24(27)26-21-13-7-8-14-22(21)29-2)30-25(28)23-19-11-5-3-9-17(19)15-18-10-4-6-12-20(18)23/h3-16H,1-2H3,(H,26,27)/t16-/m1/s1. The van der Waals surface area contributed by atoms with Crippen molar-refractivity contribution >= 4 is 39.1 Å². The Bertz CT molecular complexity index is 1190. The van der Waals surface area contributed by atoms with Crippen LogP contribution in [0, 0.1) is 0 Å². The number of benzene rings is 4. The van der Waals surface area contributed by atoms with Crippen LogP contribution in [-0.2, 0) is 9.53 Å². The van der Waals surface area contributed by atoms with Crippen LogP contribution in [0.2, 0.25) is 0 Å². The molecule has 1 N–H and O–H groups in total. The van der Waals surface area contributed by atoms with E-state index in [4.69, 9.17) is 9.47 Å². The molecule has 150 valence electrons. The molecule has 0 saturated heterocycles. The molecular weight excluding hydrogens is 378 g/mol. The molecule has 0 fully saturated rings. The maximum Gasteiger partial charge on any atom is 0.340 e. The fourth-order valence-electron chi connectivity index (χ4n) is 3.49. The lowest BCUT2D eigenvalue weighted by Gasteiger charge is -2.17. The fourth-order valence-corrected chi connectivity index (χ4v) is 3.49. The highest BCUT2D eigenvalue weighted by Gasteiger charge is 2.23. The van der Waals surface area contributed by atoms with E-state index in [1.54, 1.807) is 25.1 Å². The predicted octanol–water partition coefficient (Wildman–Crippen LogP) is 5.19. The number of amides is 1. The fraction of sp³-hybridized carbons (Fsp3) is 0.120. The van der Waals surface area contributed by atoms with Crippen molar-refractivity contribution in [3.63, 3.8) is 0 Å². The van der Waals surface area contributed by atoms with Gasteiger partial charge in [-0.15, -0.1) is 0 Å². The molecule has 0 aromatic heterocycles. The molecule has 4 rings (SSSR count). The Balaban J connectivity index is 1.63. The van der Waals surface area contributed by atoms with Crippen molar-refractivity contribution in [3.05, 3.63) is 84.4 Å². The van der Waals surface area contributed by atoms with Crippen LogP contribution in [0.4, 0.5) is 5.69 Å². The van der Waals surface area contributed by atoms with Crippen molar-refractivity contribution in [2.24, 2.45) is 0 Å². The number of ether oxygens (including phenoxy) is 2. The van der Waals surface area contributed by atoms with Gasteiger partial charge in [0.2, 0.25) is 0 Å². The van der Waals surface area contributed by atoms with Gasteiger partial charge in [-0.25, -0.2) is 4.79 Å². The molecule has 1 amide bonds. The lowest BCUT2D eigenvalue weighted by Crippen LogP contribution is -2.30. The minimum absolute atomic E-state index is 0.433. The monoisotopic (exact) mass is 399 g/mol. The van der Waals surface area contributed by atoms with Crippen LogP contribution in [0.15, 0.2) is 78.9 Å². The van der Waals surface area contributed by atoms with E-state index in [0.29, 0.717) is 17.0 Å². The van der Waals surface area contributed by atoms with E-state index < -0.39 is 18.0 Å². The highest BCUT2D eigenvalue weighted by molar-refractivity contribution is 6.17. The summed E-state index contributed by atoms with van der Waals surface area (Å²) in [7, 11) is 1.53. The predicted molar refractivity (Wildman–Crippen MR) is 118 cm³/mol. The van der Waals surface area contributed by atoms with E-state index in [2.05, 4.69) is 5.32 Å². The van der Waals surface area contributed by atoms with Crippen molar-refractivity contribution < 1.29 is 19.1 Å². The number of rotatable bonds is 5. The molecule has 5 nitrogen and oxygen atoms in total. The van der Waals surface area contributed by atoms with Crippen molar-refractivity contribution in [3.8, 4) is 5.75 Å². The summed E-state index contributed by atoms with van der Waals surface area (Å²) < 4.78 is 10.8. The van der Waals surface area contributed by atoms with Gasteiger partial charge >= 0.3 is 5.97 Å². The van der Waals surface area contributed by atoms with Gasteiger partial charge in [-0.1, -0.05) is 60.7 Å². The Morgan fingerprint density at radius 2 is 1.40 bits per heavy atom. The van der Waals surface area contributed by atoms with Crippen LogP contribution in [0.3, 0.4) is 0 Å². The number of para-hydroxylation sites is 2. The molecule has 0 aliphatic rings. The van der Waals surface area contributed by atoms with E-state index in [0.717, 1.165) is 21.5 Å². The molecule has 4 aromatic rings. The number of methoxy groups -OCH3 is 1. The number of fused-ring (bicyclic) bond motifs is 2. The summed E-state index contributed by atoms with van der Waals surface area (Å²) in [5.74, 6) is -0.438. The summed E-state index contributed by atoms with van der Waals surface area (Å²) in [6, 6.07) is 24.4. The zero-order valence-electron chi connectivity index (χ0n) is 16.7. The molecule has 0 heterocycles. The van der Waals surface area contributed by atoms with Gasteiger partial charge in [0, 0.05) is 0 Å². The second-order valence-electron chi connectivity index (χ2n) is 6.93. The highest BCUT2D eigenvalue weighted by Crippen LogP contribution is 2.29. The zero-order chi connectivity index (χ0) is 21.1. The second kappa shape index (κ2) is 8.25. The third-order valence-corrected chi connectivity index (χ3v) is 4.99. The van der Waals surface area contributed by atoms with Gasteiger partial charge in [0.25, 0.3) is 5.91 Å². The van der Waals surface area contributed by atoms with Gasteiger partial charge in [-0.2, -0.15) is 0 Å². The molecule has 5 heteroatoms. The summed E-state index contributed by atoms with van der Waals surface area (Å²) in [6.07, 6.45) is -0.986. The number of nitrogens with one attached hydrogen (secondary N) is 1. The Morgan fingerprint density at radius 1 is 0.833 bits per heavy atom. The first kappa shape index (κ1) is 19.5. The van der Waals surface area contributed by atoms with Crippen molar-refractivity contribution in [1.29, 1.82) is 0 Å². The van der Waals surface area contributed by atoms with E-state index >= 15 is 0 Å². The highest BCUT2D eigenvalue weighted by atomic mass is 16.5. The van der Waals surface area contributed by atoms with Crippen molar-refractivity contribution in [1.82, 2.24) is 0 Å². The largest absolute Gasteiger partial charge is 0.495 e. The molecule has 0 saturated carbocycles. The molecule has 30 heavy (non-hydrogen) atoms. The number of carbonyl (C=O) groups is 2. The Kier molecular flexibility index (Phi) is 5.35. The van der Waals surface area contributed by atoms with Gasteiger partial charge in [-0.05, 0) is 46.7 Å². The molecule has 0 radical (unpaired) electrons. The van der Waals surface area contributed by atoms with Crippen LogP contribution in [0.25, 0.3) is 21.5 Å². The molecular formula is C25H21NO4. The third-order valence-electron chi connectivity index (χ3n) is 4.99. The van der Waals surface area contributed by atoms with Crippen LogP contribution in [0.1, 0.15) is 17.3 Å². The van der Waals surface area contributed by atoms with Crippen LogP contribution in [-0.4, -0.2) is 25.1 Å². The lowest BCUT2D eigenvalue weighted by molar-refractivity contribution is -0.123. The van der Waals surface area contributed by atoms with E-state index in [-0.39, 0.29) is 0 Å². The summed E-state index contributed by atoms with van der Waals surface area (Å²) in [4.78, 5) is 25.8. The van der Waals surface area contributed by atoms with E-state index in [9.17, 15) is 9.59 Å². The number of anilines is 1. The average Bonchev–Trinajstić information content (AvgIpc) is 2.77. The second-order valence-corrected chi connectivity index (χ2v) is 6.93. The van der Waals surface area contributed by atoms with Crippen LogP contribution >= 0.6 is 0 Å². The SMILES string of the molecule is COc1ccccc1NC(=O)[C@@H](C)OC(=O)c1c2ccccc2cc2ccccc12. The third kappa shape index (κ3) is 3.70. The Hall–Kier alpha value is -3.86. The molecule has 4 aromatic carbocycles. The summed E-state index contributed by atoms with van der Waals surface area (Å²) in [5, 5.41) is 6.21. The maximum absolute atomic E-state index is 13.1. The summed E-state index contributed by atoms with van der Waals surface area (Å²) in [6.45, 7) is 1.55. The quantitative estimate of drug-likeness (QED) is 0.371. The zero-order valence-corrected chi connectivity index (χ0v) is 16.7. The average molecular weight is 399 g/mol. The topological polar surface area (TPSA) is 64.6 Å². The number of hydrogen-bond acceptors (Lipinski definition) is 4. The van der Waals surface area contributed by atoms with Crippen LogP contribution in [0.5, 0.6) is 5.75 Å². The number of esters is 1. The molecule has 0 aliphatic heterocycles. The molecule has 0 spiro atoms. The Labute approximate surface area is 174 Å². The van der Waals surface area contributed by atoms with Crippen LogP contribution < -0.4 is 10.1 Å². The normalized spacial score (nSPS) is 11.8. The molecule has 0 aliphatic carbocycles. The van der Waals surface area contributed by atoms with Gasteiger partial charge in [-0.3, -0.25) is 4.79 Å². The van der Waals surface area contributed by atoms with E-state index in [1.165, 1.54) is 7.11 Å². The maximum atomic E-state index is 13.1. The first-order chi connectivity index (χ1) is 14.6. The first-order valence-corrected chi connectivity index (χ1v) is 9.64. The van der Waals surface area contributed by atoms with Crippen molar-refractivity contribution in [2.75, 3.05) is 12.4 Å². The summed E-state index contributed by atoms with van der Waals surface area (Å²) >= 11 is 0. The number of hydrogen-bond donors (Lipinski definition) is 1. The van der Waals surface area contributed by atoms with Crippen molar-refractivity contribution in [2.45, 2.75) is 13.0 Å². The van der Waals surface area contributed by atoms with E-state index in [1.807, 2.05) is 60.7 Å². The van der Waals surface area contributed by atoms with Gasteiger partial charge in [0.05, 0.1) is 18.4 Å². The minimum Gasteiger partial charge on any atom is -0.495 e. The lowest BCUT2D eigenvalue weighted by atomic mass is 9.97. The first-order valence-electron chi connectivity index (χ1n) is 9.64. The summed E-state index contributed by atoms with van der Waals surface area (Å²) in [5.41, 5.74) is 0.976. The molecule has 0 unspecified atom stereocenters. The van der Waals surface area contributed by atoms with Gasteiger partial charge < -0.3 is 14.8 Å². The molecule has 0 bridgehead atoms. The molecule has 1 atom stereocenters. The number of carbonyl (C=O) groups excluding carboxylic acids is 2. The van der Waals surface area contributed by atoms with Gasteiger partial charge in [0.1, 0.15) is 5.75 Å². The van der Waals surface area contributed by atoms with Gasteiger partial charge in [0.15, 0.2) is 6.10 Å². The Morgan fingerprint density at radius 3 is 2.03 bits per heavy atom. The smallest absolute Gasteiger partial charge is 0.340 e. The minimum atomic E-state index is -0.986.